The summed E-state index contributed by atoms with van der Waals surface area (Å²) in [6.07, 6.45) is 3.78. The number of hydrogen-bond donors (Lipinski definition) is 0. The Labute approximate surface area is 125 Å². The van der Waals surface area contributed by atoms with Gasteiger partial charge in [0, 0.05) is 0 Å². The van der Waals surface area contributed by atoms with Crippen molar-refractivity contribution in [2.24, 2.45) is 16.7 Å². The predicted molar refractivity (Wildman–Crippen MR) is 87.5 cm³/mol. The van der Waals surface area contributed by atoms with Gasteiger partial charge in [-0.25, -0.2) is 0 Å². The van der Waals surface area contributed by atoms with Gasteiger partial charge in [0.2, 0.25) is 0 Å². The van der Waals surface area contributed by atoms with Crippen molar-refractivity contribution < 1.29 is 0 Å². The molecule has 0 N–H and O–H groups in total. The van der Waals surface area contributed by atoms with E-state index in [1.54, 1.807) is 27.8 Å². The Hall–Kier alpha value is -0.780. The smallest absolute Gasteiger partial charge is 0.00142 e. The summed E-state index contributed by atoms with van der Waals surface area (Å²) in [5.74, 6) is 1.52. The number of hydrogen-bond acceptors (Lipinski definition) is 0. The standard InChI is InChI=1S/C20H30/c1-8-12-9-13-10-16(19(2,3)4)18(20(5,6)7)17(13)15-11-14(12)15/h9,16,18H,8,10-11H2,1-7H3. The number of aryl methyl sites for hydroxylation is 1. The summed E-state index contributed by atoms with van der Waals surface area (Å²) < 4.78 is 0. The molecule has 2 aliphatic carbocycles. The molecular formula is C20H30. The van der Waals surface area contributed by atoms with Gasteiger partial charge < -0.3 is 0 Å². The fourth-order valence-corrected chi connectivity index (χ4v) is 4.54. The van der Waals surface area contributed by atoms with E-state index >= 15 is 0 Å². The van der Waals surface area contributed by atoms with Crippen LogP contribution in [0.4, 0.5) is 0 Å². The summed E-state index contributed by atoms with van der Waals surface area (Å²) in [4.78, 5) is 0. The van der Waals surface area contributed by atoms with Crippen molar-refractivity contribution >= 4 is 0 Å². The van der Waals surface area contributed by atoms with Crippen molar-refractivity contribution in [1.29, 1.82) is 0 Å². The van der Waals surface area contributed by atoms with E-state index in [2.05, 4.69) is 54.5 Å². The van der Waals surface area contributed by atoms with Gasteiger partial charge in [-0.05, 0) is 69.7 Å². The maximum Gasteiger partial charge on any atom is -0.00142 e. The minimum absolute atomic E-state index is 0.368. The topological polar surface area (TPSA) is 0 Å². The molecule has 20 heavy (non-hydrogen) atoms. The first-order chi connectivity index (χ1) is 9.14. The molecule has 0 amide bonds. The highest BCUT2D eigenvalue weighted by molar-refractivity contribution is 5.61. The highest BCUT2D eigenvalue weighted by Crippen LogP contribution is 2.58. The average molecular weight is 270 g/mol. The lowest BCUT2D eigenvalue weighted by Crippen LogP contribution is -2.31. The molecule has 0 nitrogen and oxygen atoms in total. The monoisotopic (exact) mass is 270 g/mol. The van der Waals surface area contributed by atoms with Gasteiger partial charge in [-0.3, -0.25) is 0 Å². The van der Waals surface area contributed by atoms with Crippen LogP contribution in [0.3, 0.4) is 0 Å². The van der Waals surface area contributed by atoms with Crippen LogP contribution in [-0.4, -0.2) is 0 Å². The van der Waals surface area contributed by atoms with Crippen LogP contribution in [0.1, 0.15) is 82.2 Å². The van der Waals surface area contributed by atoms with Gasteiger partial charge in [0.1, 0.15) is 0 Å². The first kappa shape index (κ1) is 14.2. The second kappa shape index (κ2) is 4.12. The molecule has 0 fully saturated rings. The van der Waals surface area contributed by atoms with Gasteiger partial charge in [-0.1, -0.05) is 54.5 Å². The third-order valence-electron chi connectivity index (χ3n) is 5.58. The second-order valence-electron chi connectivity index (χ2n) is 9.12. The van der Waals surface area contributed by atoms with E-state index in [1.807, 2.05) is 0 Å². The zero-order valence-corrected chi connectivity index (χ0v) is 14.4. The van der Waals surface area contributed by atoms with Gasteiger partial charge in [-0.2, -0.15) is 0 Å². The summed E-state index contributed by atoms with van der Waals surface area (Å²) in [6, 6.07) is 2.55. The van der Waals surface area contributed by atoms with Crippen molar-refractivity contribution in [1.82, 2.24) is 0 Å². The molecule has 110 valence electrons. The quantitative estimate of drug-likeness (QED) is 0.641. The van der Waals surface area contributed by atoms with Crippen LogP contribution in [0.5, 0.6) is 0 Å². The Kier molecular flexibility index (Phi) is 2.92. The molecule has 0 heterocycles. The van der Waals surface area contributed by atoms with Gasteiger partial charge in [0.25, 0.3) is 0 Å². The molecule has 2 aliphatic rings. The Morgan fingerprint density at radius 3 is 2.15 bits per heavy atom. The largest absolute Gasteiger partial charge is 0.0613 e. The van der Waals surface area contributed by atoms with Gasteiger partial charge in [0.15, 0.2) is 0 Å². The van der Waals surface area contributed by atoms with Crippen molar-refractivity contribution in [2.45, 2.75) is 73.6 Å². The van der Waals surface area contributed by atoms with Crippen LogP contribution >= 0.6 is 0 Å². The summed E-state index contributed by atoms with van der Waals surface area (Å²) in [5, 5.41) is 0. The highest BCUT2D eigenvalue weighted by Gasteiger charge is 2.48. The van der Waals surface area contributed by atoms with Crippen molar-refractivity contribution in [3.8, 4) is 0 Å². The lowest BCUT2D eigenvalue weighted by Gasteiger charge is -2.40. The maximum absolute atomic E-state index is 2.55. The van der Waals surface area contributed by atoms with Crippen LogP contribution in [0.15, 0.2) is 6.07 Å². The van der Waals surface area contributed by atoms with Crippen LogP contribution in [0.25, 0.3) is 0 Å². The lowest BCUT2D eigenvalue weighted by atomic mass is 9.64. The van der Waals surface area contributed by atoms with Gasteiger partial charge in [0.05, 0.1) is 0 Å². The Morgan fingerprint density at radius 2 is 1.65 bits per heavy atom. The van der Waals surface area contributed by atoms with Gasteiger partial charge >= 0.3 is 0 Å². The molecule has 0 spiro atoms. The summed E-state index contributed by atoms with van der Waals surface area (Å²) in [6.45, 7) is 16.9. The molecule has 0 saturated heterocycles. The minimum Gasteiger partial charge on any atom is -0.0613 e. The van der Waals surface area contributed by atoms with E-state index in [-0.39, 0.29) is 0 Å². The molecule has 0 aromatic heterocycles. The molecule has 1 aromatic rings. The van der Waals surface area contributed by atoms with Crippen LogP contribution in [-0.2, 0) is 19.3 Å². The molecule has 0 aliphatic heterocycles. The van der Waals surface area contributed by atoms with Crippen molar-refractivity contribution in [2.75, 3.05) is 0 Å². The average Bonchev–Trinajstić information content (AvgIpc) is 2.98. The SMILES string of the molecule is CCc1cc2c(c3c1C3)C(C(C)(C)C)C(C(C)(C)C)C2. The first-order valence-electron chi connectivity index (χ1n) is 8.31. The molecule has 2 unspecified atom stereocenters. The zero-order chi connectivity index (χ0) is 14.9. The van der Waals surface area contributed by atoms with E-state index in [1.165, 1.54) is 19.3 Å². The number of benzene rings is 1. The van der Waals surface area contributed by atoms with Crippen molar-refractivity contribution in [3.05, 3.63) is 33.9 Å². The molecule has 0 bridgehead atoms. The Bertz CT molecular complexity index is 549. The maximum atomic E-state index is 2.55. The predicted octanol–water partition coefficient (Wildman–Crippen LogP) is 5.50. The fourth-order valence-electron chi connectivity index (χ4n) is 4.54. The van der Waals surface area contributed by atoms with Crippen LogP contribution in [0.2, 0.25) is 0 Å². The third-order valence-corrected chi connectivity index (χ3v) is 5.58. The van der Waals surface area contributed by atoms with Crippen LogP contribution < -0.4 is 0 Å². The number of rotatable bonds is 1. The molecule has 3 rings (SSSR count). The molecule has 0 radical (unpaired) electrons. The van der Waals surface area contributed by atoms with E-state index < -0.39 is 0 Å². The molecule has 1 aromatic carbocycles. The molecular weight excluding hydrogens is 240 g/mol. The molecule has 0 heteroatoms. The minimum atomic E-state index is 0.368. The highest BCUT2D eigenvalue weighted by atomic mass is 14.5. The van der Waals surface area contributed by atoms with E-state index in [0.29, 0.717) is 10.8 Å². The van der Waals surface area contributed by atoms with Gasteiger partial charge in [-0.15, -0.1) is 0 Å². The first-order valence-corrected chi connectivity index (χ1v) is 8.31. The zero-order valence-electron chi connectivity index (χ0n) is 14.4. The summed E-state index contributed by atoms with van der Waals surface area (Å²) in [5.41, 5.74) is 9.24. The number of fused-ring (bicyclic) bond motifs is 3. The summed E-state index contributed by atoms with van der Waals surface area (Å²) in [7, 11) is 0. The summed E-state index contributed by atoms with van der Waals surface area (Å²) >= 11 is 0. The third kappa shape index (κ3) is 2.03. The molecule has 2 atom stereocenters. The molecule has 0 saturated carbocycles. The van der Waals surface area contributed by atoms with E-state index in [9.17, 15) is 0 Å². The second-order valence-corrected chi connectivity index (χ2v) is 9.12. The van der Waals surface area contributed by atoms with Crippen LogP contribution in [0, 0.1) is 16.7 Å². The Balaban J connectivity index is 2.13. The Morgan fingerprint density at radius 1 is 1.00 bits per heavy atom. The fraction of sp³-hybridized carbons (Fsp3) is 0.700. The van der Waals surface area contributed by atoms with Crippen molar-refractivity contribution in [3.63, 3.8) is 0 Å². The normalized spacial score (nSPS) is 24.6. The van der Waals surface area contributed by atoms with E-state index in [4.69, 9.17) is 0 Å². The van der Waals surface area contributed by atoms with E-state index in [0.717, 1.165) is 11.8 Å². The lowest BCUT2D eigenvalue weighted by molar-refractivity contribution is 0.142.